The molecule has 13 heavy (non-hydrogen) atoms. The van der Waals surface area contributed by atoms with E-state index in [1.807, 2.05) is 0 Å². The summed E-state index contributed by atoms with van der Waals surface area (Å²) in [5.41, 5.74) is 0. The maximum absolute atomic E-state index is 12.1. The number of hydrogen-bond donors (Lipinski definition) is 1. The van der Waals surface area contributed by atoms with Gasteiger partial charge in [-0.05, 0) is 38.9 Å². The van der Waals surface area contributed by atoms with E-state index in [2.05, 4.69) is 5.32 Å². The molecule has 0 radical (unpaired) electrons. The van der Waals surface area contributed by atoms with Crippen LogP contribution in [0.15, 0.2) is 0 Å². The molecule has 0 aromatic heterocycles. The number of alkyl halides is 3. The molecular formula is C8H15F3N2. The Morgan fingerprint density at radius 3 is 2.62 bits per heavy atom. The Labute approximate surface area is 76.1 Å². The Morgan fingerprint density at radius 2 is 2.15 bits per heavy atom. The zero-order valence-electron chi connectivity index (χ0n) is 7.69. The second-order valence-corrected chi connectivity index (χ2v) is 3.56. The summed E-state index contributed by atoms with van der Waals surface area (Å²) >= 11 is 0. The number of hydrogen-bond acceptors (Lipinski definition) is 2. The minimum atomic E-state index is -4.18. The van der Waals surface area contributed by atoms with E-state index < -0.39 is 6.30 Å². The monoisotopic (exact) mass is 196 g/mol. The molecule has 78 valence electrons. The van der Waals surface area contributed by atoms with Crippen molar-refractivity contribution >= 4 is 0 Å². The van der Waals surface area contributed by atoms with Gasteiger partial charge in [0, 0.05) is 6.54 Å². The summed E-state index contributed by atoms with van der Waals surface area (Å²) in [6, 6.07) is 0. The Balaban J connectivity index is 2.30. The maximum Gasteiger partial charge on any atom is 0.459 e. The number of rotatable bonds is 2. The standard InChI is InChI=1S/C8H15F3N2/c1-13(8(9,10)11)6-7-3-2-4-12-5-7/h7,12H,2-6H2,1H3. The van der Waals surface area contributed by atoms with Crippen LogP contribution in [0.5, 0.6) is 0 Å². The van der Waals surface area contributed by atoms with Crippen molar-refractivity contribution in [2.45, 2.75) is 19.1 Å². The SMILES string of the molecule is CN(CC1CCCNC1)C(F)(F)F. The molecule has 5 heteroatoms. The van der Waals surface area contributed by atoms with Crippen LogP contribution in [0.3, 0.4) is 0 Å². The van der Waals surface area contributed by atoms with Gasteiger partial charge in [0.2, 0.25) is 0 Å². The molecule has 1 fully saturated rings. The first-order valence-corrected chi connectivity index (χ1v) is 4.49. The average Bonchev–Trinajstić information content (AvgIpc) is 2.04. The van der Waals surface area contributed by atoms with Crippen molar-refractivity contribution in [2.75, 3.05) is 26.7 Å². The third-order valence-corrected chi connectivity index (χ3v) is 2.36. The predicted molar refractivity (Wildman–Crippen MR) is 44.3 cm³/mol. The number of halogens is 3. The molecule has 1 heterocycles. The highest BCUT2D eigenvalue weighted by Crippen LogP contribution is 2.22. The first kappa shape index (κ1) is 10.8. The van der Waals surface area contributed by atoms with E-state index >= 15 is 0 Å². The zero-order chi connectivity index (χ0) is 9.90. The van der Waals surface area contributed by atoms with Crippen molar-refractivity contribution < 1.29 is 13.2 Å². The summed E-state index contributed by atoms with van der Waals surface area (Å²) in [6.07, 6.45) is -2.30. The summed E-state index contributed by atoms with van der Waals surface area (Å²) < 4.78 is 36.3. The van der Waals surface area contributed by atoms with E-state index in [1.165, 1.54) is 0 Å². The first-order valence-electron chi connectivity index (χ1n) is 4.49. The van der Waals surface area contributed by atoms with E-state index in [4.69, 9.17) is 0 Å². The van der Waals surface area contributed by atoms with Crippen molar-refractivity contribution in [1.82, 2.24) is 10.2 Å². The third-order valence-electron chi connectivity index (χ3n) is 2.36. The lowest BCUT2D eigenvalue weighted by Gasteiger charge is -2.28. The lowest BCUT2D eigenvalue weighted by Crippen LogP contribution is -2.42. The highest BCUT2D eigenvalue weighted by molar-refractivity contribution is 4.72. The van der Waals surface area contributed by atoms with Crippen LogP contribution >= 0.6 is 0 Å². The minimum absolute atomic E-state index is 0.108. The first-order chi connectivity index (χ1) is 6.00. The van der Waals surface area contributed by atoms with Gasteiger partial charge in [-0.25, -0.2) is 4.90 Å². The molecule has 1 saturated heterocycles. The molecule has 0 amide bonds. The smallest absolute Gasteiger partial charge is 0.316 e. The Hall–Kier alpha value is -0.290. The minimum Gasteiger partial charge on any atom is -0.316 e. The second-order valence-electron chi connectivity index (χ2n) is 3.56. The second kappa shape index (κ2) is 4.28. The Morgan fingerprint density at radius 1 is 1.46 bits per heavy atom. The highest BCUT2D eigenvalue weighted by atomic mass is 19.4. The fraction of sp³-hybridized carbons (Fsp3) is 1.00. The Kier molecular flexibility index (Phi) is 3.55. The van der Waals surface area contributed by atoms with Crippen molar-refractivity contribution in [1.29, 1.82) is 0 Å². The molecule has 0 saturated carbocycles. The van der Waals surface area contributed by atoms with Crippen LogP contribution in [-0.2, 0) is 0 Å². The van der Waals surface area contributed by atoms with E-state index in [0.717, 1.165) is 26.4 Å². The fourth-order valence-corrected chi connectivity index (χ4v) is 1.57. The summed E-state index contributed by atoms with van der Waals surface area (Å²) in [7, 11) is 1.11. The van der Waals surface area contributed by atoms with Gasteiger partial charge in [0.15, 0.2) is 0 Å². The molecule has 0 aromatic rings. The highest BCUT2D eigenvalue weighted by Gasteiger charge is 2.35. The Bertz CT molecular complexity index is 152. The normalized spacial score (nSPS) is 25.2. The molecule has 1 atom stereocenters. The molecule has 0 aromatic carbocycles. The molecule has 0 aliphatic carbocycles. The molecular weight excluding hydrogens is 181 g/mol. The van der Waals surface area contributed by atoms with Gasteiger partial charge in [-0.2, -0.15) is 13.2 Å². The van der Waals surface area contributed by atoms with Crippen molar-refractivity contribution in [3.05, 3.63) is 0 Å². The molecule has 2 nitrogen and oxygen atoms in total. The molecule has 1 aliphatic rings. The molecule has 1 aliphatic heterocycles. The van der Waals surface area contributed by atoms with Gasteiger partial charge in [-0.1, -0.05) is 0 Å². The van der Waals surface area contributed by atoms with E-state index in [1.54, 1.807) is 0 Å². The van der Waals surface area contributed by atoms with Crippen molar-refractivity contribution in [3.8, 4) is 0 Å². The van der Waals surface area contributed by atoms with Gasteiger partial charge in [0.05, 0.1) is 0 Å². The fourth-order valence-electron chi connectivity index (χ4n) is 1.57. The van der Waals surface area contributed by atoms with E-state index in [9.17, 15) is 13.2 Å². The quantitative estimate of drug-likeness (QED) is 0.672. The number of nitrogens with zero attached hydrogens (tertiary/aromatic N) is 1. The molecule has 1 N–H and O–H groups in total. The van der Waals surface area contributed by atoms with Crippen LogP contribution in [-0.4, -0.2) is 37.9 Å². The van der Waals surface area contributed by atoms with Crippen LogP contribution in [0.25, 0.3) is 0 Å². The summed E-state index contributed by atoms with van der Waals surface area (Å²) in [5.74, 6) is 0.139. The molecule has 0 spiro atoms. The van der Waals surface area contributed by atoms with Gasteiger partial charge in [0.25, 0.3) is 0 Å². The van der Waals surface area contributed by atoms with Gasteiger partial charge < -0.3 is 5.32 Å². The lowest BCUT2D eigenvalue weighted by atomic mass is 9.99. The van der Waals surface area contributed by atoms with Gasteiger partial charge >= 0.3 is 6.30 Å². The average molecular weight is 196 g/mol. The van der Waals surface area contributed by atoms with Crippen LogP contribution < -0.4 is 5.32 Å². The molecule has 1 rings (SSSR count). The number of piperidine rings is 1. The maximum atomic E-state index is 12.1. The van der Waals surface area contributed by atoms with E-state index in [0.29, 0.717) is 11.4 Å². The summed E-state index contributed by atoms with van der Waals surface area (Å²) in [6.45, 7) is 1.75. The largest absolute Gasteiger partial charge is 0.459 e. The summed E-state index contributed by atoms with van der Waals surface area (Å²) in [5, 5.41) is 3.10. The predicted octanol–water partition coefficient (Wildman–Crippen LogP) is 1.44. The van der Waals surface area contributed by atoms with Gasteiger partial charge in [0.1, 0.15) is 0 Å². The zero-order valence-corrected chi connectivity index (χ0v) is 7.69. The molecule has 1 unspecified atom stereocenters. The molecule has 0 bridgehead atoms. The summed E-state index contributed by atoms with van der Waals surface area (Å²) in [4.78, 5) is 0.463. The van der Waals surface area contributed by atoms with E-state index in [-0.39, 0.29) is 12.5 Å². The van der Waals surface area contributed by atoms with Gasteiger partial charge in [-0.3, -0.25) is 0 Å². The lowest BCUT2D eigenvalue weighted by molar-refractivity contribution is -0.239. The van der Waals surface area contributed by atoms with Crippen LogP contribution in [0.1, 0.15) is 12.8 Å². The third kappa shape index (κ3) is 3.52. The van der Waals surface area contributed by atoms with Crippen molar-refractivity contribution in [2.24, 2.45) is 5.92 Å². The van der Waals surface area contributed by atoms with Gasteiger partial charge in [-0.15, -0.1) is 0 Å². The van der Waals surface area contributed by atoms with Crippen LogP contribution in [0, 0.1) is 5.92 Å². The van der Waals surface area contributed by atoms with Crippen LogP contribution in [0.4, 0.5) is 13.2 Å². The van der Waals surface area contributed by atoms with Crippen molar-refractivity contribution in [3.63, 3.8) is 0 Å². The van der Waals surface area contributed by atoms with Crippen LogP contribution in [0.2, 0.25) is 0 Å². The number of nitrogens with one attached hydrogen (secondary N) is 1. The topological polar surface area (TPSA) is 15.3 Å².